The minimum Gasteiger partial charge on any atom is -0.293 e. The van der Waals surface area contributed by atoms with Crippen molar-refractivity contribution in [2.75, 3.05) is 5.75 Å². The van der Waals surface area contributed by atoms with Gasteiger partial charge in [-0.15, -0.1) is 11.8 Å². The number of rotatable bonds is 2. The Hall–Kier alpha value is 0.170. The number of carbonyl (C=O) groups is 1. The molecular weight excluding hydrogens is 307 g/mol. The molecule has 1 aliphatic heterocycles. The van der Waals surface area contributed by atoms with Crippen molar-refractivity contribution in [1.29, 1.82) is 0 Å². The number of benzene rings is 1. The number of hydrogen-bond acceptors (Lipinski definition) is 3. The summed E-state index contributed by atoms with van der Waals surface area (Å²) < 4.78 is 0. The number of Topliss-reactive ketones (excluding diaryl/α,β-unsaturated/α-hetero) is 1. The third-order valence-electron chi connectivity index (χ3n) is 3.04. The summed E-state index contributed by atoms with van der Waals surface area (Å²) in [4.78, 5) is 12.4. The molecule has 0 aromatic heterocycles. The average Bonchev–Trinajstić information content (AvgIpc) is 2.35. The number of hydrogen-bond donors (Lipinski definition) is 0. The van der Waals surface area contributed by atoms with E-state index in [0.29, 0.717) is 26.1 Å². The Labute approximate surface area is 126 Å². The Morgan fingerprint density at radius 3 is 2.67 bits per heavy atom. The zero-order chi connectivity index (χ0) is 13.3. The highest BCUT2D eigenvalue weighted by Crippen LogP contribution is 2.38. The zero-order valence-corrected chi connectivity index (χ0v) is 13.3. The second-order valence-corrected chi connectivity index (χ2v) is 8.20. The first-order chi connectivity index (χ1) is 8.49. The van der Waals surface area contributed by atoms with Crippen LogP contribution in [0.25, 0.3) is 0 Å². The smallest absolute Gasteiger partial charge is 0.178 e. The second-order valence-electron chi connectivity index (χ2n) is 4.36. The Morgan fingerprint density at radius 1 is 1.28 bits per heavy atom. The van der Waals surface area contributed by atoms with Crippen molar-refractivity contribution >= 4 is 52.5 Å². The molecule has 1 nitrogen and oxygen atoms in total. The van der Waals surface area contributed by atoms with Crippen LogP contribution >= 0.6 is 46.7 Å². The fourth-order valence-corrected chi connectivity index (χ4v) is 5.03. The summed E-state index contributed by atoms with van der Waals surface area (Å²) in [5.41, 5.74) is 0.545. The van der Waals surface area contributed by atoms with E-state index in [-0.39, 0.29) is 11.0 Å². The van der Waals surface area contributed by atoms with E-state index in [4.69, 9.17) is 23.2 Å². The normalized spacial score (nSPS) is 28.1. The van der Waals surface area contributed by atoms with Crippen LogP contribution in [0.2, 0.25) is 10.0 Å². The Morgan fingerprint density at radius 2 is 2.00 bits per heavy atom. The lowest BCUT2D eigenvalue weighted by Gasteiger charge is -2.30. The fraction of sp³-hybridized carbons (Fsp3) is 0.462. The molecule has 1 aromatic carbocycles. The zero-order valence-electron chi connectivity index (χ0n) is 10.2. The van der Waals surface area contributed by atoms with Crippen molar-refractivity contribution < 1.29 is 4.79 Å². The molecule has 1 saturated heterocycles. The molecule has 0 bridgehead atoms. The van der Waals surface area contributed by atoms with E-state index in [1.54, 1.807) is 30.0 Å². The van der Waals surface area contributed by atoms with Crippen LogP contribution in [0.4, 0.5) is 0 Å². The van der Waals surface area contributed by atoms with Crippen molar-refractivity contribution in [2.24, 2.45) is 0 Å². The van der Waals surface area contributed by atoms with Crippen molar-refractivity contribution in [2.45, 2.75) is 29.6 Å². The minimum absolute atomic E-state index is 0.0165. The summed E-state index contributed by atoms with van der Waals surface area (Å²) >= 11 is 15.6. The first-order valence-corrected chi connectivity index (χ1v) is 8.50. The van der Waals surface area contributed by atoms with E-state index in [1.807, 2.05) is 11.8 Å². The van der Waals surface area contributed by atoms with E-state index in [9.17, 15) is 4.79 Å². The van der Waals surface area contributed by atoms with Crippen LogP contribution in [-0.4, -0.2) is 27.3 Å². The first kappa shape index (κ1) is 14.6. The molecule has 0 amide bonds. The molecule has 0 radical (unpaired) electrons. The molecule has 0 N–H and O–H groups in total. The Balaban J connectivity index is 2.19. The van der Waals surface area contributed by atoms with Gasteiger partial charge in [0, 0.05) is 26.8 Å². The van der Waals surface area contributed by atoms with Gasteiger partial charge in [0.25, 0.3) is 0 Å². The molecule has 3 unspecified atom stereocenters. The quantitative estimate of drug-likeness (QED) is 0.728. The number of thioether (sulfide) groups is 2. The maximum absolute atomic E-state index is 12.4. The molecular formula is C13H14Cl2OS2. The van der Waals surface area contributed by atoms with Gasteiger partial charge in [-0.25, -0.2) is 0 Å². The lowest BCUT2D eigenvalue weighted by molar-refractivity contribution is 0.0995. The van der Waals surface area contributed by atoms with E-state index in [2.05, 4.69) is 13.8 Å². The van der Waals surface area contributed by atoms with Gasteiger partial charge in [0.1, 0.15) is 0 Å². The van der Waals surface area contributed by atoms with E-state index < -0.39 is 0 Å². The van der Waals surface area contributed by atoms with Gasteiger partial charge < -0.3 is 0 Å². The molecule has 0 saturated carbocycles. The van der Waals surface area contributed by atoms with Crippen LogP contribution in [0.15, 0.2) is 18.2 Å². The van der Waals surface area contributed by atoms with Crippen LogP contribution in [0, 0.1) is 0 Å². The summed E-state index contributed by atoms with van der Waals surface area (Å²) in [6.45, 7) is 4.37. The largest absolute Gasteiger partial charge is 0.293 e. The summed E-state index contributed by atoms with van der Waals surface area (Å²) in [6.07, 6.45) is 0. The first-order valence-electron chi connectivity index (χ1n) is 5.75. The van der Waals surface area contributed by atoms with E-state index in [1.165, 1.54) is 0 Å². The van der Waals surface area contributed by atoms with Crippen LogP contribution in [0.5, 0.6) is 0 Å². The Bertz CT molecular complexity index is 464. The van der Waals surface area contributed by atoms with Crippen LogP contribution < -0.4 is 0 Å². The molecule has 1 fully saturated rings. The number of halogens is 2. The van der Waals surface area contributed by atoms with Gasteiger partial charge in [-0.2, -0.15) is 11.8 Å². The lowest BCUT2D eigenvalue weighted by atomic mass is 10.1. The maximum Gasteiger partial charge on any atom is 0.178 e. The van der Waals surface area contributed by atoms with Crippen molar-refractivity contribution in [3.63, 3.8) is 0 Å². The minimum atomic E-state index is -0.0165. The summed E-state index contributed by atoms with van der Waals surface area (Å²) in [5, 5.41) is 2.10. The van der Waals surface area contributed by atoms with Crippen LogP contribution in [0.3, 0.4) is 0 Å². The molecule has 98 valence electrons. The van der Waals surface area contributed by atoms with Crippen molar-refractivity contribution in [3.8, 4) is 0 Å². The summed E-state index contributed by atoms with van der Waals surface area (Å²) in [6, 6.07) is 5.05. The SMILES string of the molecule is CC1SCC(C(=O)c2cc(Cl)ccc2Cl)SC1C. The molecule has 1 aliphatic rings. The van der Waals surface area contributed by atoms with E-state index >= 15 is 0 Å². The van der Waals surface area contributed by atoms with Gasteiger partial charge >= 0.3 is 0 Å². The molecule has 18 heavy (non-hydrogen) atoms. The standard InChI is InChI=1S/C13H14Cl2OS2/c1-7-8(2)18-12(6-17-7)13(16)10-5-9(14)3-4-11(10)15/h3-5,7-8,12H,6H2,1-2H3. The van der Waals surface area contributed by atoms with Gasteiger partial charge in [-0.1, -0.05) is 37.0 Å². The molecule has 1 heterocycles. The highest BCUT2D eigenvalue weighted by atomic mass is 35.5. The number of ketones is 1. The lowest BCUT2D eigenvalue weighted by Crippen LogP contribution is -2.31. The fourth-order valence-electron chi connectivity index (χ4n) is 1.78. The topological polar surface area (TPSA) is 17.1 Å². The number of carbonyl (C=O) groups excluding carboxylic acids is 1. The predicted molar refractivity (Wildman–Crippen MR) is 83.6 cm³/mol. The average molecular weight is 321 g/mol. The van der Waals surface area contributed by atoms with E-state index in [0.717, 1.165) is 5.75 Å². The predicted octanol–water partition coefficient (Wildman–Crippen LogP) is 4.80. The Kier molecular flexibility index (Phi) is 4.92. The molecule has 2 rings (SSSR count). The second kappa shape index (κ2) is 6.08. The van der Waals surface area contributed by atoms with Gasteiger partial charge in [-0.05, 0) is 18.2 Å². The highest BCUT2D eigenvalue weighted by molar-refractivity contribution is 8.08. The van der Waals surface area contributed by atoms with Crippen LogP contribution in [0.1, 0.15) is 24.2 Å². The molecule has 3 atom stereocenters. The summed E-state index contributed by atoms with van der Waals surface area (Å²) in [7, 11) is 0. The van der Waals surface area contributed by atoms with Crippen LogP contribution in [-0.2, 0) is 0 Å². The molecule has 0 spiro atoms. The molecule has 0 aliphatic carbocycles. The highest BCUT2D eigenvalue weighted by Gasteiger charge is 2.31. The molecule has 1 aromatic rings. The van der Waals surface area contributed by atoms with Gasteiger partial charge in [-0.3, -0.25) is 4.79 Å². The third-order valence-corrected chi connectivity index (χ3v) is 6.99. The van der Waals surface area contributed by atoms with Gasteiger partial charge in [0.15, 0.2) is 5.78 Å². The van der Waals surface area contributed by atoms with Crippen molar-refractivity contribution in [1.82, 2.24) is 0 Å². The maximum atomic E-state index is 12.4. The third kappa shape index (κ3) is 3.19. The van der Waals surface area contributed by atoms with Crippen molar-refractivity contribution in [3.05, 3.63) is 33.8 Å². The summed E-state index contributed by atoms with van der Waals surface area (Å²) in [5.74, 6) is 0.941. The monoisotopic (exact) mass is 320 g/mol. The van der Waals surface area contributed by atoms with Gasteiger partial charge in [0.05, 0.1) is 10.3 Å². The van der Waals surface area contributed by atoms with Gasteiger partial charge in [0.2, 0.25) is 0 Å². The molecule has 5 heteroatoms.